The summed E-state index contributed by atoms with van der Waals surface area (Å²) in [6.45, 7) is 5.36. The maximum absolute atomic E-state index is 13.1. The van der Waals surface area contributed by atoms with E-state index in [0.29, 0.717) is 28.2 Å². The number of benzene rings is 1. The first-order chi connectivity index (χ1) is 16.4. The van der Waals surface area contributed by atoms with Crippen LogP contribution in [0.3, 0.4) is 0 Å². The van der Waals surface area contributed by atoms with Crippen LogP contribution in [0.4, 0.5) is 0 Å². The van der Waals surface area contributed by atoms with E-state index in [9.17, 15) is 9.59 Å². The number of pyridine rings is 1. The SMILES string of the molecule is Cc1cc(-c2cc(C(=O)NNC(=O)c3cc(-c4ccccc4)n[nH]3)c3c(C)noc3n2)c(C)o1. The van der Waals surface area contributed by atoms with E-state index in [0.717, 1.165) is 16.9 Å². The summed E-state index contributed by atoms with van der Waals surface area (Å²) in [7, 11) is 0. The van der Waals surface area contributed by atoms with Crippen LogP contribution >= 0.6 is 0 Å². The molecule has 170 valence electrons. The molecule has 1 aromatic carbocycles. The lowest BCUT2D eigenvalue weighted by atomic mass is 10.1. The third-order valence-corrected chi connectivity index (χ3v) is 5.36. The molecule has 0 saturated carbocycles. The highest BCUT2D eigenvalue weighted by Crippen LogP contribution is 2.30. The molecule has 0 atom stereocenters. The predicted molar refractivity (Wildman–Crippen MR) is 123 cm³/mol. The normalized spacial score (nSPS) is 11.0. The van der Waals surface area contributed by atoms with Gasteiger partial charge in [-0.2, -0.15) is 5.10 Å². The number of nitrogens with one attached hydrogen (secondary N) is 3. The van der Waals surface area contributed by atoms with Crippen LogP contribution in [0.1, 0.15) is 38.1 Å². The lowest BCUT2D eigenvalue weighted by Crippen LogP contribution is -2.41. The molecular weight excluding hydrogens is 436 g/mol. The molecule has 10 nitrogen and oxygen atoms in total. The van der Waals surface area contributed by atoms with E-state index in [4.69, 9.17) is 8.94 Å². The van der Waals surface area contributed by atoms with E-state index in [1.54, 1.807) is 19.1 Å². The Balaban J connectivity index is 1.39. The fourth-order valence-corrected chi connectivity index (χ4v) is 3.74. The van der Waals surface area contributed by atoms with E-state index >= 15 is 0 Å². The minimum absolute atomic E-state index is 0.199. The number of carbonyl (C=O) groups is 2. The standard InChI is InChI=1S/C24H20N6O4/c1-12-9-16(14(3)33-12)19-10-17(21-13(2)30-34-24(21)25-19)22(31)28-29-23(32)20-11-18(26-27-20)15-7-5-4-6-8-15/h4-11H,1-3H3,(H,26,27)(H,28,31)(H,29,32). The van der Waals surface area contributed by atoms with Gasteiger partial charge in [-0.3, -0.25) is 25.5 Å². The minimum Gasteiger partial charge on any atom is -0.466 e. The molecule has 0 saturated heterocycles. The van der Waals surface area contributed by atoms with Crippen LogP contribution in [-0.4, -0.2) is 32.2 Å². The Labute approximate surface area is 193 Å². The molecule has 34 heavy (non-hydrogen) atoms. The van der Waals surface area contributed by atoms with Crippen LogP contribution in [-0.2, 0) is 0 Å². The van der Waals surface area contributed by atoms with E-state index in [2.05, 4.69) is 31.2 Å². The number of aromatic nitrogens is 4. The molecule has 0 aliphatic heterocycles. The van der Waals surface area contributed by atoms with Crippen molar-refractivity contribution in [1.29, 1.82) is 0 Å². The molecule has 5 aromatic rings. The van der Waals surface area contributed by atoms with Crippen molar-refractivity contribution in [3.63, 3.8) is 0 Å². The zero-order chi connectivity index (χ0) is 23.8. The molecule has 0 aliphatic rings. The molecule has 0 unspecified atom stereocenters. The number of H-pyrrole nitrogens is 1. The van der Waals surface area contributed by atoms with Gasteiger partial charge in [0.2, 0.25) is 0 Å². The van der Waals surface area contributed by atoms with E-state index in [1.165, 1.54) is 0 Å². The molecule has 2 amide bonds. The number of furan rings is 1. The third kappa shape index (κ3) is 3.81. The van der Waals surface area contributed by atoms with Crippen LogP contribution in [0, 0.1) is 20.8 Å². The molecule has 0 fully saturated rings. The van der Waals surface area contributed by atoms with Crippen LogP contribution in [0.15, 0.2) is 57.5 Å². The Kier molecular flexibility index (Phi) is 5.17. The first-order valence-electron chi connectivity index (χ1n) is 10.5. The number of amides is 2. The van der Waals surface area contributed by atoms with Crippen molar-refractivity contribution in [1.82, 2.24) is 31.2 Å². The zero-order valence-electron chi connectivity index (χ0n) is 18.6. The summed E-state index contributed by atoms with van der Waals surface area (Å²) < 4.78 is 10.9. The molecule has 5 rings (SSSR count). The second-order valence-corrected chi connectivity index (χ2v) is 7.77. The Hall–Kier alpha value is -4.73. The number of rotatable bonds is 4. The van der Waals surface area contributed by atoms with E-state index in [-0.39, 0.29) is 17.0 Å². The Morgan fingerprint density at radius 2 is 1.71 bits per heavy atom. The van der Waals surface area contributed by atoms with Crippen molar-refractivity contribution in [2.75, 3.05) is 0 Å². The Morgan fingerprint density at radius 3 is 2.44 bits per heavy atom. The molecule has 0 spiro atoms. The number of hydrogen-bond donors (Lipinski definition) is 3. The minimum atomic E-state index is -0.547. The molecule has 0 aliphatic carbocycles. The van der Waals surface area contributed by atoms with Gasteiger partial charge in [0.25, 0.3) is 17.5 Å². The van der Waals surface area contributed by atoms with Crippen LogP contribution in [0.25, 0.3) is 33.6 Å². The van der Waals surface area contributed by atoms with Gasteiger partial charge in [-0.05, 0) is 39.0 Å². The number of aryl methyl sites for hydroxylation is 3. The first-order valence-corrected chi connectivity index (χ1v) is 10.5. The van der Waals surface area contributed by atoms with Crippen molar-refractivity contribution in [2.24, 2.45) is 0 Å². The largest absolute Gasteiger partial charge is 0.466 e. The van der Waals surface area contributed by atoms with Crippen molar-refractivity contribution in [2.45, 2.75) is 20.8 Å². The fourth-order valence-electron chi connectivity index (χ4n) is 3.74. The topological polar surface area (TPSA) is 139 Å². The molecule has 10 heteroatoms. The van der Waals surface area contributed by atoms with Crippen molar-refractivity contribution < 1.29 is 18.5 Å². The predicted octanol–water partition coefficient (Wildman–Crippen LogP) is 3.87. The van der Waals surface area contributed by atoms with Gasteiger partial charge in [0.15, 0.2) is 0 Å². The van der Waals surface area contributed by atoms with Crippen molar-refractivity contribution >= 4 is 22.9 Å². The Morgan fingerprint density at radius 1 is 0.941 bits per heavy atom. The molecule has 3 N–H and O–H groups in total. The highest BCUT2D eigenvalue weighted by atomic mass is 16.5. The van der Waals surface area contributed by atoms with Gasteiger partial charge in [0.05, 0.1) is 28.0 Å². The zero-order valence-corrected chi connectivity index (χ0v) is 18.6. The summed E-state index contributed by atoms with van der Waals surface area (Å²) in [4.78, 5) is 30.1. The van der Waals surface area contributed by atoms with Gasteiger partial charge < -0.3 is 8.94 Å². The van der Waals surface area contributed by atoms with Gasteiger partial charge in [-0.25, -0.2) is 4.98 Å². The molecule has 0 bridgehead atoms. The summed E-state index contributed by atoms with van der Waals surface area (Å²) in [5.74, 6) is 0.287. The van der Waals surface area contributed by atoms with Crippen LogP contribution < -0.4 is 10.9 Å². The van der Waals surface area contributed by atoms with Crippen LogP contribution in [0.2, 0.25) is 0 Å². The van der Waals surface area contributed by atoms with Gasteiger partial charge >= 0.3 is 0 Å². The van der Waals surface area contributed by atoms with Gasteiger partial charge in [-0.15, -0.1) is 0 Å². The highest BCUT2D eigenvalue weighted by Gasteiger charge is 2.22. The number of aromatic amines is 1. The first kappa shape index (κ1) is 21.1. The van der Waals surface area contributed by atoms with Crippen LogP contribution in [0.5, 0.6) is 0 Å². The number of hydrogen-bond acceptors (Lipinski definition) is 7. The maximum Gasteiger partial charge on any atom is 0.287 e. The molecular formula is C24H20N6O4. The van der Waals surface area contributed by atoms with Gasteiger partial charge in [-0.1, -0.05) is 35.5 Å². The lowest BCUT2D eigenvalue weighted by molar-refractivity contribution is 0.0845. The van der Waals surface area contributed by atoms with Crippen molar-refractivity contribution in [3.8, 4) is 22.5 Å². The average molecular weight is 456 g/mol. The Bertz CT molecular complexity index is 1530. The number of carbonyl (C=O) groups excluding carboxylic acids is 2. The summed E-state index contributed by atoms with van der Waals surface area (Å²) in [5.41, 5.74) is 8.74. The lowest BCUT2D eigenvalue weighted by Gasteiger charge is -2.08. The maximum atomic E-state index is 13.1. The summed E-state index contributed by atoms with van der Waals surface area (Å²) in [6, 6.07) is 14.5. The summed E-state index contributed by atoms with van der Waals surface area (Å²) >= 11 is 0. The fraction of sp³-hybridized carbons (Fsp3) is 0.125. The number of fused-ring (bicyclic) bond motifs is 1. The second kappa shape index (κ2) is 8.32. The number of hydrazine groups is 1. The molecule has 4 aromatic heterocycles. The summed E-state index contributed by atoms with van der Waals surface area (Å²) in [5, 5.41) is 11.2. The van der Waals surface area contributed by atoms with E-state index in [1.807, 2.05) is 50.2 Å². The van der Waals surface area contributed by atoms with Gasteiger partial charge in [0, 0.05) is 11.1 Å². The van der Waals surface area contributed by atoms with Gasteiger partial charge in [0.1, 0.15) is 17.2 Å². The highest BCUT2D eigenvalue weighted by molar-refractivity contribution is 6.08. The monoisotopic (exact) mass is 456 g/mol. The second-order valence-electron chi connectivity index (χ2n) is 7.77. The molecule has 0 radical (unpaired) electrons. The average Bonchev–Trinajstić information content (AvgIpc) is 3.56. The number of nitrogens with zero attached hydrogens (tertiary/aromatic N) is 3. The quantitative estimate of drug-likeness (QED) is 0.349. The molecule has 4 heterocycles. The summed E-state index contributed by atoms with van der Waals surface area (Å²) in [6.07, 6.45) is 0. The smallest absolute Gasteiger partial charge is 0.287 e. The van der Waals surface area contributed by atoms with E-state index < -0.39 is 11.8 Å². The third-order valence-electron chi connectivity index (χ3n) is 5.36. The van der Waals surface area contributed by atoms with Crippen molar-refractivity contribution in [3.05, 3.63) is 77.0 Å².